The molecule has 0 saturated heterocycles. The first kappa shape index (κ1) is 19.3. The van der Waals surface area contributed by atoms with Gasteiger partial charge in [-0.1, -0.05) is 72.8 Å². The Labute approximate surface area is 162 Å². The van der Waals surface area contributed by atoms with E-state index in [2.05, 4.69) is 10.1 Å². The number of benzene rings is 3. The normalized spacial score (nSPS) is 11.1. The number of carbonyl (C=O) groups excluding carboxylic acids is 1. The van der Waals surface area contributed by atoms with Gasteiger partial charge in [0.15, 0.2) is 0 Å². The number of ether oxygens (including phenoxy) is 1. The van der Waals surface area contributed by atoms with Gasteiger partial charge in [0.25, 0.3) is 0 Å². The van der Waals surface area contributed by atoms with E-state index in [1.165, 1.54) is 18.2 Å². The highest BCUT2D eigenvalue weighted by atomic mass is 19.3. The van der Waals surface area contributed by atoms with Crippen molar-refractivity contribution in [1.29, 1.82) is 0 Å². The Morgan fingerprint density at radius 1 is 0.821 bits per heavy atom. The van der Waals surface area contributed by atoms with Crippen LogP contribution in [0, 0.1) is 0 Å². The molecule has 3 nitrogen and oxygen atoms in total. The van der Waals surface area contributed by atoms with Gasteiger partial charge in [-0.3, -0.25) is 4.79 Å². The predicted molar refractivity (Wildman–Crippen MR) is 105 cm³/mol. The highest BCUT2D eigenvalue weighted by Crippen LogP contribution is 2.22. The van der Waals surface area contributed by atoms with Crippen molar-refractivity contribution in [2.24, 2.45) is 0 Å². The topological polar surface area (TPSA) is 38.3 Å². The molecule has 5 heteroatoms. The van der Waals surface area contributed by atoms with Crippen molar-refractivity contribution in [3.63, 3.8) is 0 Å². The molecule has 142 valence electrons. The molecule has 0 fully saturated rings. The molecule has 0 saturated carbocycles. The van der Waals surface area contributed by atoms with E-state index in [0.29, 0.717) is 5.56 Å². The molecule has 0 aliphatic carbocycles. The average molecular weight is 379 g/mol. The Hall–Kier alpha value is -3.47. The summed E-state index contributed by atoms with van der Waals surface area (Å²) < 4.78 is 28.7. The minimum Gasteiger partial charge on any atom is -0.435 e. The molecule has 1 N–H and O–H groups in total. The van der Waals surface area contributed by atoms with E-state index in [0.717, 1.165) is 11.1 Å². The Morgan fingerprint density at radius 2 is 1.36 bits per heavy atom. The van der Waals surface area contributed by atoms with Gasteiger partial charge in [-0.05, 0) is 34.9 Å². The summed E-state index contributed by atoms with van der Waals surface area (Å²) in [6.07, 6.45) is 3.04. The second-order valence-electron chi connectivity index (χ2n) is 6.04. The van der Waals surface area contributed by atoms with E-state index in [4.69, 9.17) is 0 Å². The molecule has 0 spiro atoms. The SMILES string of the molecule is O=C(/C=C/c1ccc(OC(F)F)cc1)NC(c1ccccc1)c1ccccc1. The fourth-order valence-electron chi connectivity index (χ4n) is 2.77. The molecule has 0 aliphatic heterocycles. The van der Waals surface area contributed by atoms with Crippen LogP contribution in [0.3, 0.4) is 0 Å². The van der Waals surface area contributed by atoms with Gasteiger partial charge in [0, 0.05) is 6.08 Å². The van der Waals surface area contributed by atoms with Crippen LogP contribution in [0.4, 0.5) is 8.78 Å². The Morgan fingerprint density at radius 3 is 1.86 bits per heavy atom. The second kappa shape index (κ2) is 9.46. The molecular weight excluding hydrogens is 360 g/mol. The quantitative estimate of drug-likeness (QED) is 0.573. The zero-order valence-electron chi connectivity index (χ0n) is 15.0. The van der Waals surface area contributed by atoms with Crippen molar-refractivity contribution in [2.45, 2.75) is 12.7 Å². The number of rotatable bonds is 7. The van der Waals surface area contributed by atoms with Crippen molar-refractivity contribution in [3.8, 4) is 5.75 Å². The summed E-state index contributed by atoms with van der Waals surface area (Å²) in [6.45, 7) is -2.86. The van der Waals surface area contributed by atoms with Gasteiger partial charge in [-0.15, -0.1) is 0 Å². The van der Waals surface area contributed by atoms with Crippen LogP contribution < -0.4 is 10.1 Å². The van der Waals surface area contributed by atoms with E-state index < -0.39 is 6.61 Å². The largest absolute Gasteiger partial charge is 0.435 e. The van der Waals surface area contributed by atoms with Crippen LogP contribution in [0.5, 0.6) is 5.75 Å². The maximum Gasteiger partial charge on any atom is 0.387 e. The molecule has 0 bridgehead atoms. The third kappa shape index (κ3) is 5.51. The van der Waals surface area contributed by atoms with Crippen LogP contribution in [0.25, 0.3) is 6.08 Å². The van der Waals surface area contributed by atoms with Crippen molar-refractivity contribution < 1.29 is 18.3 Å². The van der Waals surface area contributed by atoms with Gasteiger partial charge in [0.05, 0.1) is 6.04 Å². The lowest BCUT2D eigenvalue weighted by Crippen LogP contribution is -2.27. The second-order valence-corrected chi connectivity index (χ2v) is 6.04. The number of nitrogens with one attached hydrogen (secondary N) is 1. The molecule has 0 heterocycles. The zero-order chi connectivity index (χ0) is 19.8. The van der Waals surface area contributed by atoms with E-state index >= 15 is 0 Å². The molecule has 3 aromatic carbocycles. The Bertz CT molecular complexity index is 871. The number of halogens is 2. The highest BCUT2D eigenvalue weighted by Gasteiger charge is 2.15. The number of alkyl halides is 2. The number of hydrogen-bond donors (Lipinski definition) is 1. The fourth-order valence-corrected chi connectivity index (χ4v) is 2.77. The number of hydrogen-bond acceptors (Lipinski definition) is 2. The molecule has 0 radical (unpaired) electrons. The van der Waals surface area contributed by atoms with E-state index in [9.17, 15) is 13.6 Å². The van der Waals surface area contributed by atoms with E-state index in [1.54, 1.807) is 18.2 Å². The van der Waals surface area contributed by atoms with Crippen LogP contribution in [0.1, 0.15) is 22.7 Å². The van der Waals surface area contributed by atoms with Crippen LogP contribution in [-0.4, -0.2) is 12.5 Å². The smallest absolute Gasteiger partial charge is 0.387 e. The first-order valence-corrected chi connectivity index (χ1v) is 8.75. The molecule has 1 amide bonds. The molecular formula is C23H19F2NO2. The molecule has 0 aliphatic rings. The molecule has 0 unspecified atom stereocenters. The van der Waals surface area contributed by atoms with Gasteiger partial charge in [0.1, 0.15) is 5.75 Å². The van der Waals surface area contributed by atoms with Gasteiger partial charge in [-0.25, -0.2) is 0 Å². The zero-order valence-corrected chi connectivity index (χ0v) is 15.0. The minimum atomic E-state index is -2.86. The fraction of sp³-hybridized carbons (Fsp3) is 0.0870. The number of amides is 1. The van der Waals surface area contributed by atoms with Gasteiger partial charge in [-0.2, -0.15) is 8.78 Å². The van der Waals surface area contributed by atoms with Crippen molar-refractivity contribution in [1.82, 2.24) is 5.32 Å². The highest BCUT2D eigenvalue weighted by molar-refractivity contribution is 5.92. The van der Waals surface area contributed by atoms with Crippen molar-refractivity contribution >= 4 is 12.0 Å². The summed E-state index contributed by atoms with van der Waals surface area (Å²) in [5.74, 6) is -0.185. The van der Waals surface area contributed by atoms with Crippen molar-refractivity contribution in [3.05, 3.63) is 108 Å². The summed E-state index contributed by atoms with van der Waals surface area (Å²) in [5.41, 5.74) is 2.65. The molecule has 3 rings (SSSR count). The predicted octanol–water partition coefficient (Wildman–Crippen LogP) is 5.21. The third-order valence-corrected chi connectivity index (χ3v) is 4.08. The number of carbonyl (C=O) groups is 1. The van der Waals surface area contributed by atoms with Crippen LogP contribution >= 0.6 is 0 Å². The summed E-state index contributed by atoms with van der Waals surface area (Å²) in [7, 11) is 0. The Kier molecular flexibility index (Phi) is 6.52. The third-order valence-electron chi connectivity index (χ3n) is 4.08. The van der Waals surface area contributed by atoms with Crippen LogP contribution in [0.15, 0.2) is 91.0 Å². The summed E-state index contributed by atoms with van der Waals surface area (Å²) in [6, 6.07) is 25.2. The lowest BCUT2D eigenvalue weighted by molar-refractivity contribution is -0.116. The van der Waals surface area contributed by atoms with Crippen LogP contribution in [0.2, 0.25) is 0 Å². The van der Waals surface area contributed by atoms with Gasteiger partial charge in [0.2, 0.25) is 5.91 Å². The van der Waals surface area contributed by atoms with Crippen molar-refractivity contribution in [2.75, 3.05) is 0 Å². The van der Waals surface area contributed by atoms with Crippen LogP contribution in [-0.2, 0) is 4.79 Å². The lowest BCUT2D eigenvalue weighted by Gasteiger charge is -2.19. The molecule has 3 aromatic rings. The average Bonchev–Trinajstić information content (AvgIpc) is 2.72. The van der Waals surface area contributed by atoms with E-state index in [1.807, 2.05) is 60.7 Å². The summed E-state index contributed by atoms with van der Waals surface area (Å²) >= 11 is 0. The standard InChI is InChI=1S/C23H19F2NO2/c24-23(25)28-20-14-11-17(12-15-20)13-16-21(27)26-22(18-7-3-1-4-8-18)19-9-5-2-6-10-19/h1-16,22-23H,(H,26,27)/b16-13+. The van der Waals surface area contributed by atoms with E-state index in [-0.39, 0.29) is 17.7 Å². The lowest BCUT2D eigenvalue weighted by atomic mass is 9.98. The first-order valence-electron chi connectivity index (χ1n) is 8.75. The van der Waals surface area contributed by atoms with Gasteiger partial charge < -0.3 is 10.1 Å². The maximum atomic E-state index is 12.5. The first-order chi connectivity index (χ1) is 13.6. The maximum absolute atomic E-state index is 12.5. The molecule has 28 heavy (non-hydrogen) atoms. The monoisotopic (exact) mass is 379 g/mol. The van der Waals surface area contributed by atoms with Gasteiger partial charge >= 0.3 is 6.61 Å². The molecule has 0 aromatic heterocycles. The molecule has 0 atom stereocenters. The Balaban J connectivity index is 1.71. The minimum absolute atomic E-state index is 0.0739. The summed E-state index contributed by atoms with van der Waals surface area (Å²) in [5, 5.41) is 3.01. The summed E-state index contributed by atoms with van der Waals surface area (Å²) in [4.78, 5) is 12.5.